The molecule has 0 radical (unpaired) electrons. The number of furan rings is 1. The van der Waals surface area contributed by atoms with Crippen LogP contribution in [0.2, 0.25) is 0 Å². The molecule has 1 aliphatic rings. The molecule has 1 aromatic carbocycles. The number of aliphatic imine (C=N–C) groups is 1. The second-order valence-electron chi connectivity index (χ2n) is 7.68. The van der Waals surface area contributed by atoms with Crippen molar-refractivity contribution in [2.75, 3.05) is 39.3 Å². The highest BCUT2D eigenvalue weighted by Crippen LogP contribution is 2.23. The third kappa shape index (κ3) is 4.74. The molecule has 1 saturated heterocycles. The van der Waals surface area contributed by atoms with Gasteiger partial charge in [-0.25, -0.2) is 0 Å². The predicted molar refractivity (Wildman–Crippen MR) is 112 cm³/mol. The molecular weight excluding hydrogens is 352 g/mol. The fourth-order valence-electron chi connectivity index (χ4n) is 3.36. The maximum absolute atomic E-state index is 12.4. The highest BCUT2D eigenvalue weighted by Gasteiger charge is 2.26. The predicted octanol–water partition coefficient (Wildman–Crippen LogP) is 2.98. The van der Waals surface area contributed by atoms with Crippen LogP contribution >= 0.6 is 0 Å². The SMILES string of the molecule is CCNC(=NCC(C)(C)c1ccccc1)N1CCN(C(=O)c2ccco2)CC1. The number of hydrogen-bond donors (Lipinski definition) is 1. The van der Waals surface area contributed by atoms with E-state index in [1.165, 1.54) is 11.8 Å². The first-order chi connectivity index (χ1) is 13.5. The number of amides is 1. The molecule has 6 nitrogen and oxygen atoms in total. The van der Waals surface area contributed by atoms with Gasteiger partial charge in [0.25, 0.3) is 5.91 Å². The molecule has 3 rings (SSSR count). The maximum Gasteiger partial charge on any atom is 0.289 e. The van der Waals surface area contributed by atoms with Gasteiger partial charge in [-0.05, 0) is 24.6 Å². The molecular formula is C22H30N4O2. The van der Waals surface area contributed by atoms with E-state index >= 15 is 0 Å². The van der Waals surface area contributed by atoms with Crippen molar-refractivity contribution in [3.05, 3.63) is 60.1 Å². The molecule has 150 valence electrons. The van der Waals surface area contributed by atoms with Gasteiger partial charge in [-0.15, -0.1) is 0 Å². The molecule has 1 N–H and O–H groups in total. The largest absolute Gasteiger partial charge is 0.459 e. The number of carbonyl (C=O) groups excluding carboxylic acids is 1. The van der Waals surface area contributed by atoms with Gasteiger partial charge in [-0.3, -0.25) is 9.79 Å². The van der Waals surface area contributed by atoms with Crippen molar-refractivity contribution < 1.29 is 9.21 Å². The van der Waals surface area contributed by atoms with Crippen molar-refractivity contribution >= 4 is 11.9 Å². The lowest BCUT2D eigenvalue weighted by Gasteiger charge is -2.36. The summed E-state index contributed by atoms with van der Waals surface area (Å²) in [4.78, 5) is 21.4. The molecule has 1 aromatic heterocycles. The number of guanidine groups is 1. The van der Waals surface area contributed by atoms with Gasteiger partial charge in [-0.2, -0.15) is 0 Å². The van der Waals surface area contributed by atoms with Crippen LogP contribution in [0.5, 0.6) is 0 Å². The second kappa shape index (κ2) is 8.95. The molecule has 28 heavy (non-hydrogen) atoms. The van der Waals surface area contributed by atoms with Gasteiger partial charge in [0.1, 0.15) is 0 Å². The number of nitrogens with one attached hydrogen (secondary N) is 1. The molecule has 0 bridgehead atoms. The average molecular weight is 383 g/mol. The minimum atomic E-state index is -0.0446. The van der Waals surface area contributed by atoms with Gasteiger partial charge >= 0.3 is 0 Å². The van der Waals surface area contributed by atoms with Crippen LogP contribution in [-0.2, 0) is 5.41 Å². The Bertz CT molecular complexity index is 776. The van der Waals surface area contributed by atoms with Crippen LogP contribution in [0.15, 0.2) is 58.1 Å². The number of benzene rings is 1. The lowest BCUT2D eigenvalue weighted by molar-refractivity contribution is 0.0657. The third-order valence-corrected chi connectivity index (χ3v) is 5.11. The lowest BCUT2D eigenvalue weighted by Crippen LogP contribution is -2.54. The molecule has 0 unspecified atom stereocenters. The molecule has 6 heteroatoms. The van der Waals surface area contributed by atoms with Crippen LogP contribution in [0.3, 0.4) is 0 Å². The summed E-state index contributed by atoms with van der Waals surface area (Å²) in [6, 6.07) is 13.9. The monoisotopic (exact) mass is 382 g/mol. The van der Waals surface area contributed by atoms with Gasteiger partial charge in [0, 0.05) is 38.1 Å². The third-order valence-electron chi connectivity index (χ3n) is 5.11. The van der Waals surface area contributed by atoms with Crippen LogP contribution in [0.1, 0.15) is 36.9 Å². The zero-order valence-electron chi connectivity index (χ0n) is 17.0. The van der Waals surface area contributed by atoms with E-state index in [-0.39, 0.29) is 11.3 Å². The summed E-state index contributed by atoms with van der Waals surface area (Å²) in [6.07, 6.45) is 1.54. The van der Waals surface area contributed by atoms with E-state index < -0.39 is 0 Å². The van der Waals surface area contributed by atoms with E-state index in [0.29, 0.717) is 25.4 Å². The van der Waals surface area contributed by atoms with Crippen molar-refractivity contribution in [2.24, 2.45) is 4.99 Å². The summed E-state index contributed by atoms with van der Waals surface area (Å²) in [7, 11) is 0. The van der Waals surface area contributed by atoms with Crippen LogP contribution < -0.4 is 5.32 Å². The minimum Gasteiger partial charge on any atom is -0.459 e. The van der Waals surface area contributed by atoms with Gasteiger partial charge in [0.2, 0.25) is 0 Å². The number of piperazine rings is 1. The summed E-state index contributed by atoms with van der Waals surface area (Å²) >= 11 is 0. The quantitative estimate of drug-likeness (QED) is 0.638. The fraction of sp³-hybridized carbons (Fsp3) is 0.455. The topological polar surface area (TPSA) is 61.1 Å². The number of nitrogens with zero attached hydrogens (tertiary/aromatic N) is 3. The van der Waals surface area contributed by atoms with Crippen molar-refractivity contribution in [3.63, 3.8) is 0 Å². The normalized spacial score (nSPS) is 15.6. The van der Waals surface area contributed by atoms with Gasteiger partial charge in [-0.1, -0.05) is 44.2 Å². The lowest BCUT2D eigenvalue weighted by atomic mass is 9.85. The molecule has 1 amide bonds. The van der Waals surface area contributed by atoms with E-state index in [9.17, 15) is 4.79 Å². The second-order valence-corrected chi connectivity index (χ2v) is 7.68. The Labute approximate surface area is 167 Å². The zero-order valence-corrected chi connectivity index (χ0v) is 17.0. The molecule has 1 aliphatic heterocycles. The molecule has 0 spiro atoms. The molecule has 1 fully saturated rings. The molecule has 2 aromatic rings. The van der Waals surface area contributed by atoms with Crippen molar-refractivity contribution in [3.8, 4) is 0 Å². The number of rotatable bonds is 5. The van der Waals surface area contributed by atoms with Crippen LogP contribution in [-0.4, -0.2) is 60.9 Å². The van der Waals surface area contributed by atoms with E-state index in [4.69, 9.17) is 9.41 Å². The minimum absolute atomic E-state index is 0.0427. The zero-order chi connectivity index (χ0) is 20.0. The Morgan fingerprint density at radius 1 is 1.07 bits per heavy atom. The van der Waals surface area contributed by atoms with Crippen LogP contribution in [0, 0.1) is 0 Å². The Morgan fingerprint density at radius 3 is 2.36 bits per heavy atom. The fourth-order valence-corrected chi connectivity index (χ4v) is 3.36. The standard InChI is InChI=1S/C22H30N4O2/c1-4-23-21(24-17-22(2,3)18-9-6-5-7-10-18)26-14-12-25(13-15-26)20(27)19-11-8-16-28-19/h5-11,16H,4,12-15,17H2,1-3H3,(H,23,24). The summed E-state index contributed by atoms with van der Waals surface area (Å²) in [6.45, 7) is 10.9. The van der Waals surface area contributed by atoms with E-state index in [2.05, 4.69) is 55.3 Å². The summed E-state index contributed by atoms with van der Waals surface area (Å²) in [5, 5.41) is 3.40. The first-order valence-electron chi connectivity index (χ1n) is 9.93. The van der Waals surface area contributed by atoms with Crippen LogP contribution in [0.25, 0.3) is 0 Å². The molecule has 0 atom stereocenters. The van der Waals surface area contributed by atoms with Crippen LogP contribution in [0.4, 0.5) is 0 Å². The maximum atomic E-state index is 12.4. The van der Waals surface area contributed by atoms with E-state index in [1.54, 1.807) is 12.1 Å². The molecule has 2 heterocycles. The number of hydrogen-bond acceptors (Lipinski definition) is 3. The Morgan fingerprint density at radius 2 is 1.75 bits per heavy atom. The summed E-state index contributed by atoms with van der Waals surface area (Å²) in [5.74, 6) is 1.27. The smallest absolute Gasteiger partial charge is 0.289 e. The highest BCUT2D eigenvalue weighted by molar-refractivity contribution is 5.91. The van der Waals surface area contributed by atoms with Gasteiger partial charge in [0.05, 0.1) is 12.8 Å². The van der Waals surface area contributed by atoms with Gasteiger partial charge in [0.15, 0.2) is 11.7 Å². The first kappa shape index (κ1) is 20.0. The van der Waals surface area contributed by atoms with Crippen molar-refractivity contribution in [1.82, 2.24) is 15.1 Å². The summed E-state index contributed by atoms with van der Waals surface area (Å²) < 4.78 is 5.24. The molecule has 0 saturated carbocycles. The summed E-state index contributed by atoms with van der Waals surface area (Å²) in [5.41, 5.74) is 1.24. The van der Waals surface area contributed by atoms with Gasteiger partial charge < -0.3 is 19.5 Å². The highest BCUT2D eigenvalue weighted by atomic mass is 16.3. The number of carbonyl (C=O) groups is 1. The first-order valence-corrected chi connectivity index (χ1v) is 9.93. The Kier molecular flexibility index (Phi) is 6.39. The molecule has 0 aliphatic carbocycles. The van der Waals surface area contributed by atoms with Crippen molar-refractivity contribution in [2.45, 2.75) is 26.2 Å². The van der Waals surface area contributed by atoms with E-state index in [0.717, 1.165) is 25.6 Å². The van der Waals surface area contributed by atoms with E-state index in [1.807, 2.05) is 11.0 Å². The Balaban J connectivity index is 1.63. The Hall–Kier alpha value is -2.76. The van der Waals surface area contributed by atoms with Crippen molar-refractivity contribution in [1.29, 1.82) is 0 Å². The average Bonchev–Trinajstić information content (AvgIpc) is 3.26.